The van der Waals surface area contributed by atoms with E-state index in [2.05, 4.69) is 60.7 Å². The van der Waals surface area contributed by atoms with Crippen molar-refractivity contribution in [3.05, 3.63) is 114 Å². The molecule has 0 N–H and O–H groups in total. The Bertz CT molecular complexity index is 1820. The van der Waals surface area contributed by atoms with Crippen LogP contribution in [0.25, 0.3) is 45.3 Å². The van der Waals surface area contributed by atoms with Gasteiger partial charge in [-0.2, -0.15) is 5.26 Å². The van der Waals surface area contributed by atoms with Gasteiger partial charge in [0.1, 0.15) is 0 Å². The van der Waals surface area contributed by atoms with E-state index in [-0.39, 0.29) is 5.41 Å². The molecule has 1 aromatic heterocycles. The Morgan fingerprint density at radius 2 is 1.12 bits per heavy atom. The quantitative estimate of drug-likeness (QED) is 0.229. The topological polar surface area (TPSA) is 62.5 Å². The minimum absolute atomic E-state index is 0.0135. The van der Waals surface area contributed by atoms with Crippen LogP contribution in [0.4, 0.5) is 0 Å². The standard InChI is InChI=1S/C38H30N4/c39-22-23-11-14-33-32(20-23)31-13-12-28(21-34(31)38(33)29-16-24-15-25(18-29)19-30(38)17-24)37-41-35(26-7-3-1-4-8-26)40-36(42-37)27-9-5-2-6-10-27/h1-14,20-21,24-25,29-30H,15-19H2. The van der Waals surface area contributed by atoms with Gasteiger partial charge in [-0.15, -0.1) is 0 Å². The van der Waals surface area contributed by atoms with E-state index in [1.165, 1.54) is 54.4 Å². The van der Waals surface area contributed by atoms with Gasteiger partial charge in [-0.1, -0.05) is 78.9 Å². The van der Waals surface area contributed by atoms with Crippen molar-refractivity contribution in [2.75, 3.05) is 0 Å². The smallest absolute Gasteiger partial charge is 0.164 e. The lowest BCUT2D eigenvalue weighted by Gasteiger charge is -2.61. The maximum absolute atomic E-state index is 9.78. The molecule has 4 aromatic carbocycles. The minimum atomic E-state index is 0.0135. The van der Waals surface area contributed by atoms with Gasteiger partial charge in [-0.25, -0.2) is 15.0 Å². The molecule has 0 unspecified atom stereocenters. The van der Waals surface area contributed by atoms with E-state index in [1.54, 1.807) is 0 Å². The number of aromatic nitrogens is 3. The summed E-state index contributed by atoms with van der Waals surface area (Å²) in [6, 6.07) is 36.1. The van der Waals surface area contributed by atoms with Crippen LogP contribution in [0.1, 0.15) is 48.8 Å². The van der Waals surface area contributed by atoms with Crippen LogP contribution < -0.4 is 0 Å². The molecule has 4 bridgehead atoms. The Balaban J connectivity index is 1.26. The molecule has 10 rings (SSSR count). The Labute approximate surface area is 246 Å². The van der Waals surface area contributed by atoms with Crippen LogP contribution in [-0.4, -0.2) is 15.0 Å². The molecule has 4 saturated carbocycles. The molecule has 42 heavy (non-hydrogen) atoms. The summed E-state index contributed by atoms with van der Waals surface area (Å²) < 4.78 is 0. The van der Waals surface area contributed by atoms with Gasteiger partial charge in [0.05, 0.1) is 11.6 Å². The molecule has 0 saturated heterocycles. The summed E-state index contributed by atoms with van der Waals surface area (Å²) in [4.78, 5) is 15.0. The van der Waals surface area contributed by atoms with Crippen molar-refractivity contribution >= 4 is 0 Å². The maximum Gasteiger partial charge on any atom is 0.164 e. The summed E-state index contributed by atoms with van der Waals surface area (Å²) in [7, 11) is 0. The van der Waals surface area contributed by atoms with Crippen LogP contribution in [0.5, 0.6) is 0 Å². The average Bonchev–Trinajstić information content (AvgIpc) is 3.33. The van der Waals surface area contributed by atoms with E-state index in [4.69, 9.17) is 15.0 Å². The van der Waals surface area contributed by atoms with E-state index < -0.39 is 0 Å². The fourth-order valence-electron chi connectivity index (χ4n) is 9.35. The number of rotatable bonds is 3. The van der Waals surface area contributed by atoms with Crippen molar-refractivity contribution in [2.45, 2.75) is 37.5 Å². The van der Waals surface area contributed by atoms with Crippen molar-refractivity contribution in [1.29, 1.82) is 5.26 Å². The number of nitrogens with zero attached hydrogens (tertiary/aromatic N) is 4. The highest BCUT2D eigenvalue weighted by Crippen LogP contribution is 2.69. The molecule has 0 aliphatic heterocycles. The molecule has 202 valence electrons. The fraction of sp³-hybridized carbons (Fsp3) is 0.263. The molecule has 1 spiro atoms. The molecule has 0 atom stereocenters. The third kappa shape index (κ3) is 3.37. The highest BCUT2D eigenvalue weighted by Gasteiger charge is 2.61. The summed E-state index contributed by atoms with van der Waals surface area (Å²) in [5.74, 6) is 5.12. The minimum Gasteiger partial charge on any atom is -0.208 e. The summed E-state index contributed by atoms with van der Waals surface area (Å²) in [6.07, 6.45) is 6.69. The summed E-state index contributed by atoms with van der Waals surface area (Å²) >= 11 is 0. The zero-order chi connectivity index (χ0) is 27.8. The third-order valence-corrected chi connectivity index (χ3v) is 10.7. The molecule has 0 amide bonds. The maximum atomic E-state index is 9.78. The third-order valence-electron chi connectivity index (χ3n) is 10.7. The molecule has 0 radical (unpaired) electrons. The van der Waals surface area contributed by atoms with Gasteiger partial charge in [-0.05, 0) is 96.2 Å². The lowest BCUT2D eigenvalue weighted by Crippen LogP contribution is -2.55. The van der Waals surface area contributed by atoms with Crippen molar-refractivity contribution < 1.29 is 0 Å². The Hall–Kier alpha value is -4.62. The zero-order valence-electron chi connectivity index (χ0n) is 23.4. The molecule has 4 fully saturated rings. The molecule has 5 aliphatic rings. The van der Waals surface area contributed by atoms with Gasteiger partial charge >= 0.3 is 0 Å². The second kappa shape index (κ2) is 8.94. The summed E-state index contributed by atoms with van der Waals surface area (Å²) in [6.45, 7) is 0. The van der Waals surface area contributed by atoms with Crippen LogP contribution in [0.2, 0.25) is 0 Å². The largest absolute Gasteiger partial charge is 0.208 e. The van der Waals surface area contributed by atoms with Crippen LogP contribution >= 0.6 is 0 Å². The normalized spacial score (nSPS) is 26.2. The van der Waals surface area contributed by atoms with Gasteiger partial charge in [-0.3, -0.25) is 0 Å². The first kappa shape index (κ1) is 24.0. The Morgan fingerprint density at radius 1 is 0.548 bits per heavy atom. The van der Waals surface area contributed by atoms with Crippen molar-refractivity contribution in [3.8, 4) is 51.4 Å². The molecule has 1 heterocycles. The fourth-order valence-corrected chi connectivity index (χ4v) is 9.35. The SMILES string of the molecule is N#Cc1ccc2c(c1)-c1ccc(-c3nc(-c4ccccc4)nc(-c4ccccc4)n3)cc1C21C2CC3CC(C2)CC1C3. The van der Waals surface area contributed by atoms with Gasteiger partial charge in [0.15, 0.2) is 17.5 Å². The molecule has 5 aromatic rings. The van der Waals surface area contributed by atoms with Crippen LogP contribution in [0.3, 0.4) is 0 Å². The van der Waals surface area contributed by atoms with Crippen molar-refractivity contribution in [3.63, 3.8) is 0 Å². The van der Waals surface area contributed by atoms with E-state index in [1.807, 2.05) is 42.5 Å². The lowest BCUT2D eigenvalue weighted by molar-refractivity contribution is -0.0399. The van der Waals surface area contributed by atoms with Crippen LogP contribution in [0.15, 0.2) is 97.1 Å². The van der Waals surface area contributed by atoms with E-state index in [0.29, 0.717) is 29.3 Å². The predicted molar refractivity (Wildman–Crippen MR) is 164 cm³/mol. The number of fused-ring (bicyclic) bond motifs is 3. The van der Waals surface area contributed by atoms with Crippen LogP contribution in [-0.2, 0) is 5.41 Å². The molecular weight excluding hydrogens is 512 g/mol. The highest BCUT2D eigenvalue weighted by atomic mass is 15.0. The zero-order valence-corrected chi connectivity index (χ0v) is 23.4. The molecule has 4 nitrogen and oxygen atoms in total. The second-order valence-electron chi connectivity index (χ2n) is 12.8. The predicted octanol–water partition coefficient (Wildman–Crippen LogP) is 8.47. The van der Waals surface area contributed by atoms with Gasteiger partial charge in [0, 0.05) is 22.1 Å². The first-order valence-corrected chi connectivity index (χ1v) is 15.3. The number of hydrogen-bond donors (Lipinski definition) is 0. The monoisotopic (exact) mass is 542 g/mol. The second-order valence-corrected chi connectivity index (χ2v) is 12.8. The lowest BCUT2D eigenvalue weighted by atomic mass is 9.43. The summed E-state index contributed by atoms with van der Waals surface area (Å²) in [5.41, 5.74) is 9.18. The first-order chi connectivity index (χ1) is 20.7. The van der Waals surface area contributed by atoms with E-state index in [9.17, 15) is 5.26 Å². The van der Waals surface area contributed by atoms with Crippen LogP contribution in [0, 0.1) is 35.0 Å². The van der Waals surface area contributed by atoms with Crippen molar-refractivity contribution in [1.82, 2.24) is 15.0 Å². The van der Waals surface area contributed by atoms with E-state index in [0.717, 1.165) is 34.1 Å². The average molecular weight is 543 g/mol. The number of benzene rings is 4. The van der Waals surface area contributed by atoms with E-state index >= 15 is 0 Å². The van der Waals surface area contributed by atoms with Gasteiger partial charge in [0.2, 0.25) is 0 Å². The number of nitriles is 1. The molecular formula is C38H30N4. The molecule has 5 aliphatic carbocycles. The van der Waals surface area contributed by atoms with Crippen molar-refractivity contribution in [2.24, 2.45) is 23.7 Å². The Kier molecular flexibility index (Phi) is 5.11. The number of hydrogen-bond acceptors (Lipinski definition) is 4. The highest BCUT2D eigenvalue weighted by molar-refractivity contribution is 5.85. The molecule has 4 heteroatoms. The van der Waals surface area contributed by atoms with Gasteiger partial charge in [0.25, 0.3) is 0 Å². The summed E-state index contributed by atoms with van der Waals surface area (Å²) in [5, 5.41) is 9.78. The Morgan fingerprint density at radius 3 is 1.69 bits per heavy atom. The first-order valence-electron chi connectivity index (χ1n) is 15.3. The van der Waals surface area contributed by atoms with Gasteiger partial charge < -0.3 is 0 Å².